The summed E-state index contributed by atoms with van der Waals surface area (Å²) in [6, 6.07) is 5.22. The van der Waals surface area contributed by atoms with Crippen molar-refractivity contribution in [1.29, 1.82) is 0 Å². The molecule has 1 aromatic carbocycles. The standard InChI is InChI=1S/C11H12Cl2N2O.ClH/c1-15(8-5-14-6-8)11(16)7-2-3-9(12)10(13)4-7;/h2-4,8,14H,5-6H2,1H3;1H. The Bertz CT molecular complexity index is 421. The van der Waals surface area contributed by atoms with Gasteiger partial charge in [0.2, 0.25) is 0 Å². The second-order valence-electron chi connectivity index (χ2n) is 3.86. The minimum Gasteiger partial charge on any atom is -0.336 e. The van der Waals surface area contributed by atoms with Gasteiger partial charge in [-0.3, -0.25) is 4.79 Å². The molecule has 0 aliphatic carbocycles. The van der Waals surface area contributed by atoms with Gasteiger partial charge in [-0.2, -0.15) is 0 Å². The van der Waals surface area contributed by atoms with Gasteiger partial charge in [-0.05, 0) is 18.2 Å². The molecule has 3 nitrogen and oxygen atoms in total. The first kappa shape index (κ1) is 14.6. The Labute approximate surface area is 116 Å². The van der Waals surface area contributed by atoms with Crippen molar-refractivity contribution in [1.82, 2.24) is 10.2 Å². The molecule has 1 N–H and O–H groups in total. The first-order valence-corrected chi connectivity index (χ1v) is 5.78. The van der Waals surface area contributed by atoms with E-state index in [0.717, 1.165) is 13.1 Å². The normalized spacial score (nSPS) is 14.8. The highest BCUT2D eigenvalue weighted by atomic mass is 35.5. The molecule has 1 aromatic rings. The number of nitrogens with zero attached hydrogens (tertiary/aromatic N) is 1. The fourth-order valence-corrected chi connectivity index (χ4v) is 1.84. The van der Waals surface area contributed by atoms with Gasteiger partial charge in [-0.15, -0.1) is 12.4 Å². The number of hydrogen-bond acceptors (Lipinski definition) is 2. The Balaban J connectivity index is 0.00000144. The van der Waals surface area contributed by atoms with E-state index >= 15 is 0 Å². The summed E-state index contributed by atoms with van der Waals surface area (Å²) in [7, 11) is 1.80. The van der Waals surface area contributed by atoms with Crippen LogP contribution in [0.1, 0.15) is 10.4 Å². The van der Waals surface area contributed by atoms with Crippen LogP contribution in [0.25, 0.3) is 0 Å². The molecule has 0 bridgehead atoms. The number of benzene rings is 1. The zero-order chi connectivity index (χ0) is 11.7. The van der Waals surface area contributed by atoms with Gasteiger partial charge < -0.3 is 10.2 Å². The predicted molar refractivity (Wildman–Crippen MR) is 72.5 cm³/mol. The third kappa shape index (κ3) is 3.05. The van der Waals surface area contributed by atoms with Crippen LogP contribution in [0.5, 0.6) is 0 Å². The van der Waals surface area contributed by atoms with Gasteiger partial charge in [0.05, 0.1) is 16.1 Å². The van der Waals surface area contributed by atoms with E-state index < -0.39 is 0 Å². The van der Waals surface area contributed by atoms with Crippen molar-refractivity contribution in [2.75, 3.05) is 20.1 Å². The van der Waals surface area contributed by atoms with Gasteiger partial charge in [-0.25, -0.2) is 0 Å². The maximum atomic E-state index is 12.0. The molecule has 1 fully saturated rings. The Kier molecular flexibility index (Phi) is 5.07. The highest BCUT2D eigenvalue weighted by Crippen LogP contribution is 2.23. The lowest BCUT2D eigenvalue weighted by Crippen LogP contribution is -2.57. The van der Waals surface area contributed by atoms with E-state index in [4.69, 9.17) is 23.2 Å². The molecule has 1 heterocycles. The number of hydrogen-bond donors (Lipinski definition) is 1. The quantitative estimate of drug-likeness (QED) is 0.909. The van der Waals surface area contributed by atoms with E-state index in [1.807, 2.05) is 0 Å². The van der Waals surface area contributed by atoms with Crippen molar-refractivity contribution in [3.63, 3.8) is 0 Å². The van der Waals surface area contributed by atoms with Crippen LogP contribution in [-0.2, 0) is 0 Å². The van der Waals surface area contributed by atoms with Gasteiger partial charge in [0.25, 0.3) is 5.91 Å². The van der Waals surface area contributed by atoms with Crippen molar-refractivity contribution in [2.24, 2.45) is 0 Å². The first-order valence-electron chi connectivity index (χ1n) is 5.02. The third-order valence-corrected chi connectivity index (χ3v) is 3.53. The van der Waals surface area contributed by atoms with E-state index in [1.54, 1.807) is 30.1 Å². The van der Waals surface area contributed by atoms with E-state index in [9.17, 15) is 4.79 Å². The minimum atomic E-state index is -0.0231. The summed E-state index contributed by atoms with van der Waals surface area (Å²) in [4.78, 5) is 13.8. The molecule has 0 spiro atoms. The Hall–Kier alpha value is -0.480. The molecular formula is C11H13Cl3N2O. The molecule has 1 amide bonds. The molecule has 94 valence electrons. The van der Waals surface area contributed by atoms with Crippen LogP contribution in [-0.4, -0.2) is 37.0 Å². The molecule has 6 heteroatoms. The summed E-state index contributed by atoms with van der Waals surface area (Å²) >= 11 is 11.7. The van der Waals surface area contributed by atoms with Gasteiger partial charge in [0, 0.05) is 25.7 Å². The van der Waals surface area contributed by atoms with Crippen molar-refractivity contribution in [3.05, 3.63) is 33.8 Å². The van der Waals surface area contributed by atoms with Gasteiger partial charge in [-0.1, -0.05) is 23.2 Å². The highest BCUT2D eigenvalue weighted by Gasteiger charge is 2.26. The molecular weight excluding hydrogens is 282 g/mol. The lowest BCUT2D eigenvalue weighted by Gasteiger charge is -2.35. The zero-order valence-electron chi connectivity index (χ0n) is 9.24. The molecule has 1 saturated heterocycles. The number of amides is 1. The van der Waals surface area contributed by atoms with E-state index in [1.165, 1.54) is 0 Å². The summed E-state index contributed by atoms with van der Waals surface area (Å²) in [5.41, 5.74) is 0.573. The molecule has 0 unspecified atom stereocenters. The van der Waals surface area contributed by atoms with Crippen LogP contribution in [0.4, 0.5) is 0 Å². The highest BCUT2D eigenvalue weighted by molar-refractivity contribution is 6.42. The third-order valence-electron chi connectivity index (χ3n) is 2.79. The molecule has 1 aliphatic heterocycles. The Morgan fingerprint density at radius 3 is 2.47 bits per heavy atom. The Morgan fingerprint density at radius 1 is 1.35 bits per heavy atom. The van der Waals surface area contributed by atoms with Crippen LogP contribution in [0.15, 0.2) is 18.2 Å². The topological polar surface area (TPSA) is 32.3 Å². The van der Waals surface area contributed by atoms with Crippen LogP contribution < -0.4 is 5.32 Å². The second-order valence-corrected chi connectivity index (χ2v) is 4.67. The molecule has 0 radical (unpaired) electrons. The van der Waals surface area contributed by atoms with Crippen molar-refractivity contribution in [2.45, 2.75) is 6.04 Å². The molecule has 0 atom stereocenters. The SMILES string of the molecule is CN(C(=O)c1ccc(Cl)c(Cl)c1)C1CNC1.Cl. The van der Waals surface area contributed by atoms with Crippen LogP contribution in [0, 0.1) is 0 Å². The number of carbonyl (C=O) groups is 1. The molecule has 0 aromatic heterocycles. The van der Waals surface area contributed by atoms with Gasteiger partial charge in [0.1, 0.15) is 0 Å². The average molecular weight is 296 g/mol. The summed E-state index contributed by atoms with van der Waals surface area (Å²) in [6.45, 7) is 1.70. The molecule has 1 aliphatic rings. The smallest absolute Gasteiger partial charge is 0.253 e. The summed E-state index contributed by atoms with van der Waals surface area (Å²) in [6.07, 6.45) is 0. The predicted octanol–water partition coefficient (Wildman–Crippen LogP) is 2.46. The van der Waals surface area contributed by atoms with Crippen molar-refractivity contribution < 1.29 is 4.79 Å². The number of carbonyl (C=O) groups excluding carboxylic acids is 1. The minimum absolute atomic E-state index is 0. The Morgan fingerprint density at radius 2 is 2.00 bits per heavy atom. The molecule has 17 heavy (non-hydrogen) atoms. The lowest BCUT2D eigenvalue weighted by atomic mass is 10.1. The van der Waals surface area contributed by atoms with E-state index in [2.05, 4.69) is 5.32 Å². The summed E-state index contributed by atoms with van der Waals surface area (Å²) in [5, 5.41) is 4.00. The largest absolute Gasteiger partial charge is 0.336 e. The fourth-order valence-electron chi connectivity index (χ4n) is 1.55. The van der Waals surface area contributed by atoms with Crippen molar-refractivity contribution in [3.8, 4) is 0 Å². The van der Waals surface area contributed by atoms with Gasteiger partial charge in [0.15, 0.2) is 0 Å². The molecule has 2 rings (SSSR count). The van der Waals surface area contributed by atoms with Crippen LogP contribution in [0.3, 0.4) is 0 Å². The van der Waals surface area contributed by atoms with Crippen LogP contribution >= 0.6 is 35.6 Å². The first-order chi connectivity index (χ1) is 7.59. The average Bonchev–Trinajstić information content (AvgIpc) is 2.18. The summed E-state index contributed by atoms with van der Waals surface area (Å²) < 4.78 is 0. The molecule has 0 saturated carbocycles. The maximum absolute atomic E-state index is 12.0. The van der Waals surface area contributed by atoms with Crippen LogP contribution in [0.2, 0.25) is 10.0 Å². The van der Waals surface area contributed by atoms with Crippen molar-refractivity contribution >= 4 is 41.5 Å². The zero-order valence-corrected chi connectivity index (χ0v) is 11.6. The number of rotatable bonds is 2. The second kappa shape index (κ2) is 5.91. The van der Waals surface area contributed by atoms with Gasteiger partial charge >= 0.3 is 0 Å². The fraction of sp³-hybridized carbons (Fsp3) is 0.364. The summed E-state index contributed by atoms with van der Waals surface area (Å²) in [5.74, 6) is -0.0231. The lowest BCUT2D eigenvalue weighted by molar-refractivity contribution is 0.0681. The number of nitrogens with one attached hydrogen (secondary N) is 1. The van der Waals surface area contributed by atoms with E-state index in [-0.39, 0.29) is 24.4 Å². The monoisotopic (exact) mass is 294 g/mol. The number of likely N-dealkylation sites (N-methyl/N-ethyl adjacent to an activating group) is 1. The number of halogens is 3. The van der Waals surface area contributed by atoms with E-state index in [0.29, 0.717) is 15.6 Å². The maximum Gasteiger partial charge on any atom is 0.253 e.